The lowest BCUT2D eigenvalue weighted by atomic mass is 10.2. The smallest absolute Gasteiger partial charge is 0.119 e. The molecular formula is C9H8INO. The van der Waals surface area contributed by atoms with E-state index in [0.717, 1.165) is 14.9 Å². The van der Waals surface area contributed by atoms with Crippen LogP contribution in [-0.2, 0) is 6.42 Å². The monoisotopic (exact) mass is 273 g/mol. The topological polar surface area (TPSA) is 33.0 Å². The number of nitriles is 1. The molecule has 1 aromatic rings. The Morgan fingerprint density at radius 3 is 2.83 bits per heavy atom. The molecule has 62 valence electrons. The molecular weight excluding hydrogens is 265 g/mol. The van der Waals surface area contributed by atoms with Gasteiger partial charge in [0, 0.05) is 3.57 Å². The highest BCUT2D eigenvalue weighted by molar-refractivity contribution is 14.1. The highest BCUT2D eigenvalue weighted by Crippen LogP contribution is 2.19. The molecule has 0 unspecified atom stereocenters. The second kappa shape index (κ2) is 4.31. The Bertz CT molecular complexity index is 317. The SMILES string of the molecule is COc1ccc(CC#N)c(I)c1. The van der Waals surface area contributed by atoms with Gasteiger partial charge < -0.3 is 4.74 Å². The Morgan fingerprint density at radius 2 is 2.33 bits per heavy atom. The fourth-order valence-electron chi connectivity index (χ4n) is 0.884. The summed E-state index contributed by atoms with van der Waals surface area (Å²) in [7, 11) is 1.63. The minimum atomic E-state index is 0.461. The van der Waals surface area contributed by atoms with E-state index in [2.05, 4.69) is 28.7 Å². The molecule has 2 nitrogen and oxygen atoms in total. The number of rotatable bonds is 2. The van der Waals surface area contributed by atoms with Gasteiger partial charge in [-0.05, 0) is 40.3 Å². The first-order chi connectivity index (χ1) is 5.77. The van der Waals surface area contributed by atoms with Gasteiger partial charge in [0.05, 0.1) is 19.6 Å². The van der Waals surface area contributed by atoms with Crippen molar-refractivity contribution in [3.05, 3.63) is 27.3 Å². The molecule has 0 N–H and O–H groups in total. The van der Waals surface area contributed by atoms with Crippen LogP contribution in [0.15, 0.2) is 18.2 Å². The molecule has 0 amide bonds. The second-order valence-corrected chi connectivity index (χ2v) is 3.45. The quantitative estimate of drug-likeness (QED) is 0.775. The molecule has 0 heterocycles. The van der Waals surface area contributed by atoms with Crippen molar-refractivity contribution in [3.8, 4) is 11.8 Å². The van der Waals surface area contributed by atoms with Crippen LogP contribution < -0.4 is 4.74 Å². The standard InChI is InChI=1S/C9H8INO/c1-12-8-3-2-7(4-5-11)9(10)6-8/h2-3,6H,4H2,1H3. The van der Waals surface area contributed by atoms with Gasteiger partial charge in [-0.25, -0.2) is 0 Å². The highest BCUT2D eigenvalue weighted by Gasteiger charge is 1.99. The Kier molecular flexibility index (Phi) is 3.35. The van der Waals surface area contributed by atoms with Crippen molar-refractivity contribution in [2.75, 3.05) is 7.11 Å². The van der Waals surface area contributed by atoms with Crippen LogP contribution in [0.2, 0.25) is 0 Å². The van der Waals surface area contributed by atoms with Crippen molar-refractivity contribution < 1.29 is 4.74 Å². The third kappa shape index (κ3) is 2.11. The Labute approximate surface area is 85.3 Å². The lowest BCUT2D eigenvalue weighted by Gasteiger charge is -2.02. The number of ether oxygens (including phenoxy) is 1. The van der Waals surface area contributed by atoms with Crippen LogP contribution in [0, 0.1) is 14.9 Å². The summed E-state index contributed by atoms with van der Waals surface area (Å²) in [5.41, 5.74) is 1.05. The summed E-state index contributed by atoms with van der Waals surface area (Å²) in [6.45, 7) is 0. The lowest BCUT2D eigenvalue weighted by Crippen LogP contribution is -1.89. The van der Waals surface area contributed by atoms with E-state index in [9.17, 15) is 0 Å². The maximum atomic E-state index is 8.49. The van der Waals surface area contributed by atoms with Gasteiger partial charge in [0.25, 0.3) is 0 Å². The Balaban J connectivity index is 2.97. The summed E-state index contributed by atoms with van der Waals surface area (Å²) < 4.78 is 6.12. The molecule has 0 spiro atoms. The molecule has 0 aliphatic rings. The van der Waals surface area contributed by atoms with E-state index >= 15 is 0 Å². The molecule has 0 saturated carbocycles. The zero-order valence-corrected chi connectivity index (χ0v) is 8.83. The van der Waals surface area contributed by atoms with Gasteiger partial charge in [-0.15, -0.1) is 0 Å². The summed E-state index contributed by atoms with van der Waals surface area (Å²) in [5.74, 6) is 0.834. The number of hydrogen-bond donors (Lipinski definition) is 0. The van der Waals surface area contributed by atoms with E-state index in [-0.39, 0.29) is 0 Å². The van der Waals surface area contributed by atoms with Crippen LogP contribution in [0.1, 0.15) is 5.56 Å². The molecule has 0 aliphatic carbocycles. The van der Waals surface area contributed by atoms with Gasteiger partial charge in [-0.1, -0.05) is 6.07 Å². The van der Waals surface area contributed by atoms with E-state index in [1.165, 1.54) is 0 Å². The van der Waals surface area contributed by atoms with Gasteiger partial charge in [0.15, 0.2) is 0 Å². The van der Waals surface area contributed by atoms with Gasteiger partial charge >= 0.3 is 0 Å². The molecule has 0 aliphatic heterocycles. The third-order valence-corrected chi connectivity index (χ3v) is 2.53. The van der Waals surface area contributed by atoms with Crippen LogP contribution in [-0.4, -0.2) is 7.11 Å². The minimum absolute atomic E-state index is 0.461. The zero-order valence-electron chi connectivity index (χ0n) is 6.67. The lowest BCUT2D eigenvalue weighted by molar-refractivity contribution is 0.414. The van der Waals surface area contributed by atoms with Gasteiger partial charge in [-0.2, -0.15) is 5.26 Å². The molecule has 3 heteroatoms. The van der Waals surface area contributed by atoms with Crippen molar-refractivity contribution in [1.82, 2.24) is 0 Å². The first-order valence-corrected chi connectivity index (χ1v) is 4.55. The predicted molar refractivity (Wildman–Crippen MR) is 55.0 cm³/mol. The molecule has 0 bridgehead atoms. The van der Waals surface area contributed by atoms with E-state index in [1.807, 2.05) is 18.2 Å². The molecule has 1 aromatic carbocycles. The van der Waals surface area contributed by atoms with Crippen molar-refractivity contribution in [3.63, 3.8) is 0 Å². The fourth-order valence-corrected chi connectivity index (χ4v) is 1.56. The van der Waals surface area contributed by atoms with Crippen molar-refractivity contribution >= 4 is 22.6 Å². The molecule has 12 heavy (non-hydrogen) atoms. The average Bonchev–Trinajstić information content (AvgIpc) is 2.09. The van der Waals surface area contributed by atoms with Crippen molar-refractivity contribution in [1.29, 1.82) is 5.26 Å². The number of halogens is 1. The molecule has 0 aromatic heterocycles. The summed E-state index contributed by atoms with van der Waals surface area (Å²) in [6.07, 6.45) is 0.461. The Hall–Kier alpha value is -0.760. The van der Waals surface area contributed by atoms with Crippen LogP contribution in [0.25, 0.3) is 0 Å². The van der Waals surface area contributed by atoms with Gasteiger partial charge in [0.1, 0.15) is 5.75 Å². The van der Waals surface area contributed by atoms with Crippen molar-refractivity contribution in [2.45, 2.75) is 6.42 Å². The maximum absolute atomic E-state index is 8.49. The van der Waals surface area contributed by atoms with Gasteiger partial charge in [-0.3, -0.25) is 0 Å². The van der Waals surface area contributed by atoms with Crippen LogP contribution in [0.3, 0.4) is 0 Å². The summed E-state index contributed by atoms with van der Waals surface area (Å²) >= 11 is 2.20. The highest BCUT2D eigenvalue weighted by atomic mass is 127. The van der Waals surface area contributed by atoms with Gasteiger partial charge in [0.2, 0.25) is 0 Å². The molecule has 1 rings (SSSR count). The van der Waals surface area contributed by atoms with Crippen molar-refractivity contribution in [2.24, 2.45) is 0 Å². The predicted octanol–water partition coefficient (Wildman–Crippen LogP) is 2.37. The first-order valence-electron chi connectivity index (χ1n) is 3.47. The number of benzene rings is 1. The number of hydrogen-bond acceptors (Lipinski definition) is 2. The van der Waals surface area contributed by atoms with E-state index in [4.69, 9.17) is 10.00 Å². The maximum Gasteiger partial charge on any atom is 0.119 e. The molecule has 0 radical (unpaired) electrons. The normalized spacial score (nSPS) is 9.08. The fraction of sp³-hybridized carbons (Fsp3) is 0.222. The van der Waals surface area contributed by atoms with E-state index < -0.39 is 0 Å². The van der Waals surface area contributed by atoms with E-state index in [0.29, 0.717) is 6.42 Å². The summed E-state index contributed by atoms with van der Waals surface area (Å²) in [6, 6.07) is 7.83. The zero-order chi connectivity index (χ0) is 8.97. The summed E-state index contributed by atoms with van der Waals surface area (Å²) in [5, 5.41) is 8.49. The minimum Gasteiger partial charge on any atom is -0.497 e. The second-order valence-electron chi connectivity index (χ2n) is 2.29. The van der Waals surface area contributed by atoms with E-state index in [1.54, 1.807) is 7.11 Å². The Morgan fingerprint density at radius 1 is 1.58 bits per heavy atom. The molecule has 0 fully saturated rings. The van der Waals surface area contributed by atoms with Crippen LogP contribution in [0.4, 0.5) is 0 Å². The van der Waals surface area contributed by atoms with Crippen LogP contribution in [0.5, 0.6) is 5.75 Å². The average molecular weight is 273 g/mol. The largest absolute Gasteiger partial charge is 0.497 e. The number of methoxy groups -OCH3 is 1. The molecule has 0 atom stereocenters. The number of nitrogens with zero attached hydrogens (tertiary/aromatic N) is 1. The third-order valence-electron chi connectivity index (χ3n) is 1.53. The molecule has 0 saturated heterocycles. The van der Waals surface area contributed by atoms with Crippen LogP contribution >= 0.6 is 22.6 Å². The first kappa shape index (κ1) is 9.33. The summed E-state index contributed by atoms with van der Waals surface area (Å²) in [4.78, 5) is 0.